The minimum Gasteiger partial charge on any atom is -0.493 e. The Morgan fingerprint density at radius 3 is 2.33 bits per heavy atom. The average Bonchev–Trinajstić information content (AvgIpc) is 3.22. The topological polar surface area (TPSA) is 74.2 Å². The Balaban J connectivity index is 1.66. The van der Waals surface area contributed by atoms with Crippen LogP contribution in [-0.2, 0) is 11.8 Å². The molecule has 6 nitrogen and oxygen atoms in total. The van der Waals surface area contributed by atoms with E-state index < -0.39 is 11.3 Å². The lowest BCUT2D eigenvalue weighted by atomic mass is 10.1. The van der Waals surface area contributed by atoms with E-state index in [1.807, 2.05) is 26.8 Å². The van der Waals surface area contributed by atoms with Gasteiger partial charge >= 0.3 is 11.3 Å². The van der Waals surface area contributed by atoms with Gasteiger partial charge in [0.25, 0.3) is 0 Å². The van der Waals surface area contributed by atoms with Crippen LogP contribution in [0.5, 0.6) is 5.75 Å². The third kappa shape index (κ3) is 4.63. The van der Waals surface area contributed by atoms with E-state index >= 15 is 0 Å². The Hall–Kier alpha value is -2.48. The number of benzene rings is 1. The average molecular weight is 398 g/mol. The van der Waals surface area contributed by atoms with E-state index in [1.54, 1.807) is 12.1 Å². The molecular formula is C18H18ClF2N3O3. The van der Waals surface area contributed by atoms with E-state index in [0.717, 1.165) is 41.2 Å². The van der Waals surface area contributed by atoms with Crippen molar-refractivity contribution >= 4 is 11.6 Å². The Kier molecular flexibility index (Phi) is 5.46. The Morgan fingerprint density at radius 2 is 1.78 bits per heavy atom. The maximum Gasteiger partial charge on any atom is 0.400 e. The van der Waals surface area contributed by atoms with Crippen molar-refractivity contribution in [2.45, 2.75) is 39.0 Å². The molecule has 0 N–H and O–H groups in total. The Bertz CT molecular complexity index is 911. The third-order valence-electron chi connectivity index (χ3n) is 3.88. The van der Waals surface area contributed by atoms with Crippen LogP contribution in [-0.4, -0.2) is 21.9 Å². The molecule has 144 valence electrons. The van der Waals surface area contributed by atoms with Gasteiger partial charge in [-0.3, -0.25) is 0 Å². The number of aryl methyl sites for hydroxylation is 4. The summed E-state index contributed by atoms with van der Waals surface area (Å²) >= 11 is 4.90. The van der Waals surface area contributed by atoms with Gasteiger partial charge in [0.15, 0.2) is 0 Å². The lowest BCUT2D eigenvalue weighted by molar-refractivity contribution is 0.0551. The molecule has 0 bridgehead atoms. The number of ether oxygens (including phenoxy) is 1. The van der Waals surface area contributed by atoms with Crippen LogP contribution in [0.1, 0.15) is 34.9 Å². The predicted molar refractivity (Wildman–Crippen MR) is 94.0 cm³/mol. The van der Waals surface area contributed by atoms with Crippen molar-refractivity contribution in [1.82, 2.24) is 15.3 Å². The van der Waals surface area contributed by atoms with Gasteiger partial charge in [-0.15, -0.1) is 0 Å². The third-order valence-corrected chi connectivity index (χ3v) is 4.04. The second-order valence-electron chi connectivity index (χ2n) is 6.25. The van der Waals surface area contributed by atoms with Gasteiger partial charge < -0.3 is 13.8 Å². The summed E-state index contributed by atoms with van der Waals surface area (Å²) in [4.78, 5) is 3.66. The van der Waals surface area contributed by atoms with E-state index in [9.17, 15) is 8.78 Å². The summed E-state index contributed by atoms with van der Waals surface area (Å²) < 4.78 is 41.7. The van der Waals surface area contributed by atoms with Gasteiger partial charge in [-0.05, 0) is 62.1 Å². The van der Waals surface area contributed by atoms with Crippen molar-refractivity contribution in [2.24, 2.45) is 0 Å². The molecule has 0 atom stereocenters. The summed E-state index contributed by atoms with van der Waals surface area (Å²) in [6, 6.07) is 5.40. The van der Waals surface area contributed by atoms with Crippen LogP contribution in [0.4, 0.5) is 8.78 Å². The molecule has 0 aliphatic heterocycles. The molecular weight excluding hydrogens is 380 g/mol. The van der Waals surface area contributed by atoms with Crippen LogP contribution in [0.15, 0.2) is 27.2 Å². The molecule has 0 aliphatic carbocycles. The smallest absolute Gasteiger partial charge is 0.400 e. The largest absolute Gasteiger partial charge is 0.493 e. The van der Waals surface area contributed by atoms with E-state index in [1.165, 1.54) is 0 Å². The fourth-order valence-electron chi connectivity index (χ4n) is 2.72. The minimum absolute atomic E-state index is 0.0452. The second kappa shape index (κ2) is 7.64. The van der Waals surface area contributed by atoms with Gasteiger partial charge in [0.05, 0.1) is 12.3 Å². The van der Waals surface area contributed by atoms with Gasteiger partial charge in [0.1, 0.15) is 11.5 Å². The molecule has 2 aromatic heterocycles. The highest BCUT2D eigenvalue weighted by molar-refractivity contribution is 6.21. The zero-order valence-electron chi connectivity index (χ0n) is 15.1. The summed E-state index contributed by atoms with van der Waals surface area (Å²) in [6.45, 7) is 6.11. The number of rotatable bonds is 7. The van der Waals surface area contributed by atoms with Crippen molar-refractivity contribution in [3.63, 3.8) is 0 Å². The molecule has 27 heavy (non-hydrogen) atoms. The van der Waals surface area contributed by atoms with Crippen LogP contribution in [0, 0.1) is 20.8 Å². The van der Waals surface area contributed by atoms with Crippen LogP contribution in [0.25, 0.3) is 11.4 Å². The maximum atomic E-state index is 13.0. The van der Waals surface area contributed by atoms with Gasteiger partial charge in [-0.25, -0.2) is 0 Å². The number of halogens is 3. The highest BCUT2D eigenvalue weighted by Crippen LogP contribution is 2.34. The molecule has 9 heteroatoms. The molecule has 0 spiro atoms. The maximum absolute atomic E-state index is 13.0. The lowest BCUT2D eigenvalue weighted by Gasteiger charge is -2.13. The molecule has 0 unspecified atom stereocenters. The molecule has 0 fully saturated rings. The second-order valence-corrected chi connectivity index (χ2v) is 6.72. The van der Waals surface area contributed by atoms with Crippen molar-refractivity contribution < 1.29 is 22.6 Å². The lowest BCUT2D eigenvalue weighted by Crippen LogP contribution is -2.03. The van der Waals surface area contributed by atoms with Crippen LogP contribution in [0.2, 0.25) is 0 Å². The molecule has 0 aliphatic rings. The van der Waals surface area contributed by atoms with E-state index in [0.29, 0.717) is 12.2 Å². The number of hydrogen-bond acceptors (Lipinski definition) is 6. The van der Waals surface area contributed by atoms with Gasteiger partial charge in [-0.1, -0.05) is 10.3 Å². The molecule has 3 aromatic rings. The van der Waals surface area contributed by atoms with Gasteiger partial charge in [0, 0.05) is 18.1 Å². The molecule has 3 rings (SSSR count). The number of alkyl halides is 3. The zero-order chi connectivity index (χ0) is 19.6. The normalized spacial score (nSPS) is 11.8. The number of aromatic nitrogens is 3. The summed E-state index contributed by atoms with van der Waals surface area (Å²) in [6.07, 6.45) is 1.50. The van der Waals surface area contributed by atoms with E-state index in [-0.39, 0.29) is 5.82 Å². The van der Waals surface area contributed by atoms with Gasteiger partial charge in [-0.2, -0.15) is 13.8 Å². The molecule has 1 aromatic carbocycles. The summed E-state index contributed by atoms with van der Waals surface area (Å²) in [5.74, 6) is 0.670. The first kappa shape index (κ1) is 19.3. The van der Waals surface area contributed by atoms with Crippen LogP contribution >= 0.6 is 11.6 Å². The predicted octanol–water partition coefficient (Wildman–Crippen LogP) is 4.95. The highest BCUT2D eigenvalue weighted by Gasteiger charge is 2.35. The fourth-order valence-corrected chi connectivity index (χ4v) is 2.79. The number of hydrogen-bond donors (Lipinski definition) is 0. The first-order valence-corrected chi connectivity index (χ1v) is 8.69. The Labute approximate surface area is 159 Å². The first-order chi connectivity index (χ1) is 12.7. The molecule has 0 radical (unpaired) electrons. The zero-order valence-corrected chi connectivity index (χ0v) is 15.8. The molecule has 0 amide bonds. The molecule has 2 heterocycles. The highest BCUT2D eigenvalue weighted by atomic mass is 35.5. The summed E-state index contributed by atoms with van der Waals surface area (Å²) in [5.41, 5.74) is 3.07. The summed E-state index contributed by atoms with van der Waals surface area (Å²) in [5, 5.41) is 3.72. The Morgan fingerprint density at radius 1 is 1.07 bits per heavy atom. The summed E-state index contributed by atoms with van der Waals surface area (Å²) in [7, 11) is 0. The minimum atomic E-state index is -3.69. The van der Waals surface area contributed by atoms with E-state index in [4.69, 9.17) is 20.9 Å². The number of nitrogens with zero attached hydrogens (tertiary/aromatic N) is 3. The van der Waals surface area contributed by atoms with Crippen molar-refractivity contribution in [3.8, 4) is 17.1 Å². The van der Waals surface area contributed by atoms with Crippen LogP contribution in [0.3, 0.4) is 0 Å². The quantitative estimate of drug-likeness (QED) is 0.415. The van der Waals surface area contributed by atoms with E-state index in [2.05, 4.69) is 19.8 Å². The standard InChI is InChI=1S/C18H18ClF2N3O3/c1-10-7-13(16-22-17(27-24-16)18(19,20)21)8-11(2)15(10)25-6-4-5-14-9-12(3)23-26-14/h7-9H,4-6H2,1-3H3. The fraction of sp³-hybridized carbons (Fsp3) is 0.389. The van der Waals surface area contributed by atoms with Crippen molar-refractivity contribution in [3.05, 3.63) is 46.7 Å². The SMILES string of the molecule is Cc1cc(CCCOc2c(C)cc(-c3noc(C(F)(F)Cl)n3)cc2C)on1. The van der Waals surface area contributed by atoms with Gasteiger partial charge in [0.2, 0.25) is 5.82 Å². The molecule has 0 saturated carbocycles. The monoisotopic (exact) mass is 397 g/mol. The van der Waals surface area contributed by atoms with Crippen molar-refractivity contribution in [1.29, 1.82) is 0 Å². The van der Waals surface area contributed by atoms with Crippen LogP contribution < -0.4 is 4.74 Å². The first-order valence-electron chi connectivity index (χ1n) is 8.31. The van der Waals surface area contributed by atoms with Crippen molar-refractivity contribution in [2.75, 3.05) is 6.61 Å². The molecule has 0 saturated heterocycles.